The van der Waals surface area contributed by atoms with E-state index in [1.807, 2.05) is 0 Å². The third kappa shape index (κ3) is 1.92. The minimum absolute atomic E-state index is 0.380. The van der Waals surface area contributed by atoms with Crippen molar-refractivity contribution >= 4 is 5.82 Å². The molecule has 3 rings (SSSR count). The molecule has 3 heteroatoms. The highest BCUT2D eigenvalue weighted by atomic mass is 15.0. The topological polar surface area (TPSA) is 51.8 Å². The Bertz CT molecular complexity index is 451. The van der Waals surface area contributed by atoms with Crippen LogP contribution in [0.2, 0.25) is 0 Å². The number of hydrogen-bond acceptors (Lipinski definition) is 3. The number of nitrogen functional groups attached to an aromatic ring is 1. The van der Waals surface area contributed by atoms with Crippen molar-refractivity contribution in [1.29, 1.82) is 0 Å². The molecule has 0 aromatic carbocycles. The van der Waals surface area contributed by atoms with Gasteiger partial charge in [0.2, 0.25) is 0 Å². The largest absolute Gasteiger partial charge is 0.383 e. The molecule has 1 atom stereocenters. The molecule has 0 radical (unpaired) electrons. The van der Waals surface area contributed by atoms with Crippen LogP contribution in [0, 0.1) is 5.41 Å². The summed E-state index contributed by atoms with van der Waals surface area (Å²) in [7, 11) is 0. The molecule has 0 bridgehead atoms. The average molecular weight is 231 g/mol. The first kappa shape index (κ1) is 11.0. The van der Waals surface area contributed by atoms with Crippen LogP contribution in [0.1, 0.15) is 62.5 Å². The van der Waals surface area contributed by atoms with Crippen molar-refractivity contribution in [3.63, 3.8) is 0 Å². The molecule has 17 heavy (non-hydrogen) atoms. The third-order valence-corrected chi connectivity index (χ3v) is 4.31. The third-order valence-electron chi connectivity index (χ3n) is 4.31. The van der Waals surface area contributed by atoms with Crippen LogP contribution in [0.5, 0.6) is 0 Å². The van der Waals surface area contributed by atoms with E-state index in [2.05, 4.69) is 18.8 Å². The van der Waals surface area contributed by atoms with Gasteiger partial charge in [-0.05, 0) is 37.5 Å². The summed E-state index contributed by atoms with van der Waals surface area (Å²) in [5.41, 5.74) is 8.95. The molecule has 2 N–H and O–H groups in total. The van der Waals surface area contributed by atoms with Gasteiger partial charge in [-0.2, -0.15) is 0 Å². The van der Waals surface area contributed by atoms with E-state index < -0.39 is 0 Å². The van der Waals surface area contributed by atoms with E-state index in [4.69, 9.17) is 10.7 Å². The van der Waals surface area contributed by atoms with E-state index in [0.29, 0.717) is 11.3 Å². The Labute approximate surface area is 103 Å². The van der Waals surface area contributed by atoms with Crippen molar-refractivity contribution in [1.82, 2.24) is 9.97 Å². The van der Waals surface area contributed by atoms with Crippen molar-refractivity contribution in [3.8, 4) is 0 Å². The van der Waals surface area contributed by atoms with Crippen LogP contribution in [0.25, 0.3) is 0 Å². The summed E-state index contributed by atoms with van der Waals surface area (Å²) < 4.78 is 0. The SMILES string of the molecule is CC1(C)CC1c1nc(N)c2c(n1)CCCCC2. The normalized spacial score (nSPS) is 26.1. The fraction of sp³-hybridized carbons (Fsp3) is 0.714. The second-order valence-corrected chi connectivity index (χ2v) is 6.20. The van der Waals surface area contributed by atoms with E-state index in [1.54, 1.807) is 0 Å². The van der Waals surface area contributed by atoms with Gasteiger partial charge in [0.05, 0.1) is 0 Å². The molecule has 2 aliphatic rings. The Kier molecular flexibility index (Phi) is 2.39. The minimum Gasteiger partial charge on any atom is -0.383 e. The molecule has 1 aromatic rings. The van der Waals surface area contributed by atoms with Gasteiger partial charge >= 0.3 is 0 Å². The van der Waals surface area contributed by atoms with Crippen molar-refractivity contribution < 1.29 is 0 Å². The first-order valence-electron chi connectivity index (χ1n) is 6.73. The van der Waals surface area contributed by atoms with Crippen LogP contribution in [0.15, 0.2) is 0 Å². The Balaban J connectivity index is 1.98. The minimum atomic E-state index is 0.380. The predicted molar refractivity (Wildman–Crippen MR) is 68.8 cm³/mol. The fourth-order valence-corrected chi connectivity index (χ4v) is 2.88. The average Bonchev–Trinajstić information content (AvgIpc) is 2.95. The van der Waals surface area contributed by atoms with Crippen molar-refractivity contribution in [2.45, 2.75) is 58.3 Å². The fourth-order valence-electron chi connectivity index (χ4n) is 2.88. The molecule has 0 saturated heterocycles. The monoisotopic (exact) mass is 231 g/mol. The van der Waals surface area contributed by atoms with Crippen LogP contribution >= 0.6 is 0 Å². The zero-order chi connectivity index (χ0) is 12.0. The number of aromatic nitrogens is 2. The molecule has 1 fully saturated rings. The summed E-state index contributed by atoms with van der Waals surface area (Å²) in [6, 6.07) is 0. The maximum atomic E-state index is 6.11. The van der Waals surface area contributed by atoms with Gasteiger partial charge in [-0.25, -0.2) is 9.97 Å². The van der Waals surface area contributed by atoms with Crippen LogP contribution in [0.3, 0.4) is 0 Å². The van der Waals surface area contributed by atoms with Crippen molar-refractivity contribution in [2.24, 2.45) is 5.41 Å². The van der Waals surface area contributed by atoms with E-state index in [9.17, 15) is 0 Å². The first-order valence-corrected chi connectivity index (χ1v) is 6.73. The lowest BCUT2D eigenvalue weighted by molar-refractivity contribution is 0.606. The van der Waals surface area contributed by atoms with Crippen LogP contribution in [-0.4, -0.2) is 9.97 Å². The number of rotatable bonds is 1. The highest BCUT2D eigenvalue weighted by Crippen LogP contribution is 2.57. The van der Waals surface area contributed by atoms with Gasteiger partial charge in [-0.3, -0.25) is 0 Å². The number of aryl methyl sites for hydroxylation is 1. The molecule has 0 amide bonds. The Morgan fingerprint density at radius 1 is 1.12 bits per heavy atom. The van der Waals surface area contributed by atoms with E-state index in [1.165, 1.54) is 36.9 Å². The number of nitrogens with two attached hydrogens (primary N) is 1. The number of nitrogens with zero attached hydrogens (tertiary/aromatic N) is 2. The van der Waals surface area contributed by atoms with Crippen molar-refractivity contribution in [2.75, 3.05) is 5.73 Å². The Morgan fingerprint density at radius 3 is 2.53 bits per heavy atom. The number of hydrogen-bond donors (Lipinski definition) is 1. The second-order valence-electron chi connectivity index (χ2n) is 6.20. The van der Waals surface area contributed by atoms with Crippen LogP contribution in [-0.2, 0) is 12.8 Å². The summed E-state index contributed by atoms with van der Waals surface area (Å²) in [6.45, 7) is 4.56. The van der Waals surface area contributed by atoms with Gasteiger partial charge in [0.25, 0.3) is 0 Å². The molecule has 3 nitrogen and oxygen atoms in total. The van der Waals surface area contributed by atoms with Crippen LogP contribution < -0.4 is 5.73 Å². The highest BCUT2D eigenvalue weighted by Gasteiger charge is 2.48. The van der Waals surface area contributed by atoms with Crippen LogP contribution in [0.4, 0.5) is 5.82 Å². The Hall–Kier alpha value is -1.12. The van der Waals surface area contributed by atoms with Gasteiger partial charge in [-0.15, -0.1) is 0 Å². The molecule has 1 saturated carbocycles. The number of anilines is 1. The van der Waals surface area contributed by atoms with Gasteiger partial charge < -0.3 is 5.73 Å². The van der Waals surface area contributed by atoms with E-state index in [0.717, 1.165) is 24.5 Å². The molecular formula is C14H21N3. The van der Waals surface area contributed by atoms with Crippen molar-refractivity contribution in [3.05, 3.63) is 17.1 Å². The molecule has 1 unspecified atom stereocenters. The molecule has 92 valence electrons. The maximum Gasteiger partial charge on any atom is 0.134 e. The maximum absolute atomic E-state index is 6.11. The molecule has 1 heterocycles. The summed E-state index contributed by atoms with van der Waals surface area (Å²) in [6.07, 6.45) is 7.12. The van der Waals surface area contributed by atoms with Gasteiger partial charge in [-0.1, -0.05) is 20.3 Å². The summed E-state index contributed by atoms with van der Waals surface area (Å²) in [5, 5.41) is 0. The zero-order valence-corrected chi connectivity index (χ0v) is 10.8. The predicted octanol–water partition coefficient (Wildman–Crippen LogP) is 2.84. The summed E-state index contributed by atoms with van der Waals surface area (Å²) >= 11 is 0. The summed E-state index contributed by atoms with van der Waals surface area (Å²) in [5.74, 6) is 2.26. The molecule has 0 spiro atoms. The highest BCUT2D eigenvalue weighted by molar-refractivity contribution is 5.44. The molecule has 0 aliphatic heterocycles. The van der Waals surface area contributed by atoms with E-state index in [-0.39, 0.29) is 0 Å². The smallest absolute Gasteiger partial charge is 0.134 e. The molecule has 1 aromatic heterocycles. The lowest BCUT2D eigenvalue weighted by Crippen LogP contribution is -2.09. The van der Waals surface area contributed by atoms with E-state index >= 15 is 0 Å². The zero-order valence-electron chi connectivity index (χ0n) is 10.8. The standard InChI is InChI=1S/C14H21N3/c1-14(2)8-10(14)13-16-11-7-5-3-4-6-9(11)12(15)17-13/h10H,3-8H2,1-2H3,(H2,15,16,17). The quantitative estimate of drug-likeness (QED) is 0.756. The first-order chi connectivity index (χ1) is 8.08. The molecule has 2 aliphatic carbocycles. The van der Waals surface area contributed by atoms with Gasteiger partial charge in [0, 0.05) is 17.2 Å². The lowest BCUT2D eigenvalue weighted by Gasteiger charge is -2.11. The van der Waals surface area contributed by atoms with Gasteiger partial charge in [0.15, 0.2) is 0 Å². The second kappa shape index (κ2) is 3.69. The summed E-state index contributed by atoms with van der Waals surface area (Å²) in [4.78, 5) is 9.35. The lowest BCUT2D eigenvalue weighted by atomic mass is 10.1. The Morgan fingerprint density at radius 2 is 1.82 bits per heavy atom. The van der Waals surface area contributed by atoms with Gasteiger partial charge in [0.1, 0.15) is 11.6 Å². The molecular weight excluding hydrogens is 210 g/mol. The number of fused-ring (bicyclic) bond motifs is 1.